The van der Waals surface area contributed by atoms with Crippen molar-refractivity contribution in [1.29, 1.82) is 5.26 Å². The lowest BCUT2D eigenvalue weighted by Crippen LogP contribution is -2.21. The number of allylic oxidation sites excluding steroid dienone is 1. The number of phenolic OH excluding ortho intramolecular Hbond substituents is 1. The number of fused-ring (bicyclic) bond motifs is 1. The molecule has 0 fully saturated rings. The van der Waals surface area contributed by atoms with Crippen LogP contribution >= 0.6 is 34.2 Å². The van der Waals surface area contributed by atoms with E-state index in [0.29, 0.717) is 41.1 Å². The first-order valence-electron chi connectivity index (χ1n) is 10.1. The van der Waals surface area contributed by atoms with Crippen molar-refractivity contribution in [3.05, 3.63) is 91.3 Å². The smallest absolute Gasteiger partial charge is 0.205 e. The summed E-state index contributed by atoms with van der Waals surface area (Å²) in [7, 11) is 0. The minimum atomic E-state index is -0.478. The minimum Gasteiger partial charge on any atom is -0.508 e. The second-order valence-electron chi connectivity index (χ2n) is 7.33. The van der Waals surface area contributed by atoms with E-state index < -0.39 is 5.92 Å². The number of ether oxygens (including phenoxy) is 3. The second-order valence-corrected chi connectivity index (χ2v) is 8.93. The molecule has 0 saturated carbocycles. The number of phenols is 1. The highest BCUT2D eigenvalue weighted by Crippen LogP contribution is 2.46. The molecule has 0 unspecified atom stereocenters. The Morgan fingerprint density at radius 1 is 1.18 bits per heavy atom. The van der Waals surface area contributed by atoms with Crippen LogP contribution in [0.2, 0.25) is 5.02 Å². The van der Waals surface area contributed by atoms with Crippen LogP contribution in [0.4, 0.5) is 0 Å². The molecule has 3 N–H and O–H groups in total. The molecule has 0 amide bonds. The molecule has 0 radical (unpaired) electrons. The number of aromatic hydroxyl groups is 1. The third-order valence-corrected chi connectivity index (χ3v) is 6.18. The van der Waals surface area contributed by atoms with Crippen molar-refractivity contribution in [3.63, 3.8) is 0 Å². The van der Waals surface area contributed by atoms with Crippen LogP contribution in [0.5, 0.6) is 23.0 Å². The van der Waals surface area contributed by atoms with Crippen molar-refractivity contribution in [2.45, 2.75) is 19.4 Å². The van der Waals surface area contributed by atoms with E-state index >= 15 is 0 Å². The van der Waals surface area contributed by atoms with Gasteiger partial charge in [0.2, 0.25) is 5.88 Å². The van der Waals surface area contributed by atoms with Gasteiger partial charge in [-0.05, 0) is 71.0 Å². The third-order valence-electron chi connectivity index (χ3n) is 5.14. The lowest BCUT2D eigenvalue weighted by molar-refractivity contribution is 0.267. The lowest BCUT2D eigenvalue weighted by atomic mass is 9.83. The summed E-state index contributed by atoms with van der Waals surface area (Å²) in [4.78, 5) is 0. The fourth-order valence-electron chi connectivity index (χ4n) is 3.73. The Labute approximate surface area is 210 Å². The normalized spacial score (nSPS) is 14.8. The molecule has 3 aromatic carbocycles. The largest absolute Gasteiger partial charge is 0.508 e. The zero-order valence-electron chi connectivity index (χ0n) is 17.6. The molecule has 4 rings (SSSR count). The quantitative estimate of drug-likeness (QED) is 0.359. The summed E-state index contributed by atoms with van der Waals surface area (Å²) >= 11 is 8.28. The average Bonchev–Trinajstić information content (AvgIpc) is 2.77. The van der Waals surface area contributed by atoms with Crippen LogP contribution in [0.1, 0.15) is 29.5 Å². The van der Waals surface area contributed by atoms with Gasteiger partial charge in [0, 0.05) is 16.7 Å². The molecule has 0 saturated heterocycles. The maximum Gasteiger partial charge on any atom is 0.205 e. The van der Waals surface area contributed by atoms with Gasteiger partial charge in [-0.15, -0.1) is 0 Å². The molecular weight excluding hydrogens is 555 g/mol. The Morgan fingerprint density at radius 2 is 2.00 bits per heavy atom. The topological polar surface area (TPSA) is 97.7 Å². The SMILES string of the molecule is CCOc1cc([C@@H]2C(C#N)=C(N)Oc3cc(O)ccc32)cc(I)c1OCc1cccc(Cl)c1. The first-order chi connectivity index (χ1) is 15.9. The number of hydrogen-bond acceptors (Lipinski definition) is 6. The summed E-state index contributed by atoms with van der Waals surface area (Å²) in [5.74, 6) is 1.16. The van der Waals surface area contributed by atoms with Crippen molar-refractivity contribution in [2.75, 3.05) is 6.61 Å². The van der Waals surface area contributed by atoms with Crippen LogP contribution in [0.3, 0.4) is 0 Å². The van der Waals surface area contributed by atoms with Crippen LogP contribution in [0.15, 0.2) is 66.1 Å². The number of nitrogens with zero attached hydrogens (tertiary/aromatic N) is 1. The zero-order chi connectivity index (χ0) is 23.5. The highest BCUT2D eigenvalue weighted by molar-refractivity contribution is 14.1. The van der Waals surface area contributed by atoms with Gasteiger partial charge in [-0.2, -0.15) is 5.26 Å². The maximum atomic E-state index is 9.87. The van der Waals surface area contributed by atoms with Crippen LogP contribution in [-0.4, -0.2) is 11.7 Å². The molecular formula is C25H20ClIN2O4. The summed E-state index contributed by atoms with van der Waals surface area (Å²) in [6.07, 6.45) is 0. The van der Waals surface area contributed by atoms with Gasteiger partial charge in [0.1, 0.15) is 29.7 Å². The second kappa shape index (κ2) is 9.81. The van der Waals surface area contributed by atoms with E-state index in [1.165, 1.54) is 6.07 Å². The van der Waals surface area contributed by atoms with E-state index in [2.05, 4.69) is 28.7 Å². The molecule has 0 spiro atoms. The molecule has 6 nitrogen and oxygen atoms in total. The summed E-state index contributed by atoms with van der Waals surface area (Å²) in [5.41, 5.74) is 8.81. The van der Waals surface area contributed by atoms with Crippen molar-refractivity contribution < 1.29 is 19.3 Å². The monoisotopic (exact) mass is 574 g/mol. The summed E-state index contributed by atoms with van der Waals surface area (Å²) in [5, 5.41) is 20.3. The first kappa shape index (κ1) is 23.1. The highest BCUT2D eigenvalue weighted by Gasteiger charge is 2.32. The first-order valence-corrected chi connectivity index (χ1v) is 11.6. The van der Waals surface area contributed by atoms with Gasteiger partial charge in [-0.3, -0.25) is 0 Å². The molecule has 33 heavy (non-hydrogen) atoms. The lowest BCUT2D eigenvalue weighted by Gasteiger charge is -2.27. The maximum absolute atomic E-state index is 9.87. The summed E-state index contributed by atoms with van der Waals surface area (Å²) in [6.45, 7) is 2.66. The number of nitriles is 1. The number of rotatable bonds is 6. The highest BCUT2D eigenvalue weighted by atomic mass is 127. The average molecular weight is 575 g/mol. The Hall–Kier alpha value is -3.09. The number of hydrogen-bond donors (Lipinski definition) is 2. The van der Waals surface area contributed by atoms with Crippen LogP contribution in [0, 0.1) is 14.9 Å². The van der Waals surface area contributed by atoms with Crippen molar-refractivity contribution in [3.8, 4) is 29.1 Å². The molecule has 1 heterocycles. The predicted octanol–water partition coefficient (Wildman–Crippen LogP) is 5.85. The van der Waals surface area contributed by atoms with E-state index in [0.717, 1.165) is 20.3 Å². The standard InChI is InChI=1S/C25H20ClIN2O4/c1-2-31-22-10-15(9-20(27)24(22)32-13-14-4-3-5-16(26)8-14)23-18-7-6-17(30)11-21(18)33-25(29)19(23)12-28/h3-11,23,30H,2,13,29H2,1H3/t23-/m0/s1. The molecule has 8 heteroatoms. The molecule has 0 aromatic heterocycles. The summed E-state index contributed by atoms with van der Waals surface area (Å²) < 4.78 is 18.4. The number of nitrogens with two attached hydrogens (primary N) is 1. The van der Waals surface area contributed by atoms with E-state index in [4.69, 9.17) is 31.5 Å². The van der Waals surface area contributed by atoms with Gasteiger partial charge >= 0.3 is 0 Å². The zero-order valence-corrected chi connectivity index (χ0v) is 20.6. The van der Waals surface area contributed by atoms with Crippen molar-refractivity contribution in [1.82, 2.24) is 0 Å². The van der Waals surface area contributed by atoms with E-state index in [1.807, 2.05) is 43.3 Å². The van der Waals surface area contributed by atoms with E-state index in [9.17, 15) is 10.4 Å². The van der Waals surface area contributed by atoms with Crippen molar-refractivity contribution in [2.24, 2.45) is 5.73 Å². The number of benzene rings is 3. The molecule has 0 bridgehead atoms. The minimum absolute atomic E-state index is 0.00912. The fourth-order valence-corrected chi connectivity index (χ4v) is 4.72. The van der Waals surface area contributed by atoms with Gasteiger partial charge in [-0.25, -0.2) is 0 Å². The predicted molar refractivity (Wildman–Crippen MR) is 134 cm³/mol. The van der Waals surface area contributed by atoms with Crippen molar-refractivity contribution >= 4 is 34.2 Å². The van der Waals surface area contributed by atoms with Gasteiger partial charge in [0.05, 0.1) is 16.1 Å². The van der Waals surface area contributed by atoms with E-state index in [1.54, 1.807) is 12.1 Å². The Kier molecular flexibility index (Phi) is 6.86. The van der Waals surface area contributed by atoms with Gasteiger partial charge in [0.15, 0.2) is 11.5 Å². The molecule has 168 valence electrons. The third kappa shape index (κ3) is 4.82. The molecule has 1 aliphatic rings. The molecule has 1 aliphatic heterocycles. The molecule has 0 aliphatic carbocycles. The Balaban J connectivity index is 1.76. The molecule has 1 atom stereocenters. The summed E-state index contributed by atoms with van der Waals surface area (Å²) in [6, 6.07) is 18.2. The Bertz CT molecular complexity index is 1290. The van der Waals surface area contributed by atoms with Gasteiger partial charge < -0.3 is 25.1 Å². The van der Waals surface area contributed by atoms with E-state index in [-0.39, 0.29) is 11.6 Å². The molecule has 3 aromatic rings. The van der Waals surface area contributed by atoms with Crippen LogP contribution < -0.4 is 19.9 Å². The number of halogens is 2. The van der Waals surface area contributed by atoms with Gasteiger partial charge in [-0.1, -0.05) is 29.8 Å². The fraction of sp³-hybridized carbons (Fsp3) is 0.160. The Morgan fingerprint density at radius 3 is 2.73 bits per heavy atom. The van der Waals surface area contributed by atoms with Gasteiger partial charge in [0.25, 0.3) is 0 Å². The van der Waals surface area contributed by atoms with Crippen LogP contribution in [-0.2, 0) is 6.61 Å². The van der Waals surface area contributed by atoms with Crippen LogP contribution in [0.25, 0.3) is 0 Å².